The van der Waals surface area contributed by atoms with E-state index in [2.05, 4.69) is 12.2 Å². The van der Waals surface area contributed by atoms with E-state index in [9.17, 15) is 14.0 Å². The van der Waals surface area contributed by atoms with Crippen molar-refractivity contribution in [1.82, 2.24) is 0 Å². The zero-order valence-corrected chi connectivity index (χ0v) is 13.8. The first-order valence-corrected chi connectivity index (χ1v) is 8.04. The van der Waals surface area contributed by atoms with Crippen LogP contribution in [0.4, 0.5) is 15.8 Å². The number of rotatable bonds is 4. The third-order valence-electron chi connectivity index (χ3n) is 4.01. The lowest BCUT2D eigenvalue weighted by Crippen LogP contribution is -2.34. The summed E-state index contributed by atoms with van der Waals surface area (Å²) in [5.74, 6) is -1.31. The van der Waals surface area contributed by atoms with Crippen LogP contribution in [-0.2, 0) is 16.0 Å². The molecule has 2 amide bonds. The van der Waals surface area contributed by atoms with Gasteiger partial charge in [-0.3, -0.25) is 9.59 Å². The van der Waals surface area contributed by atoms with Gasteiger partial charge in [0, 0.05) is 5.69 Å². The summed E-state index contributed by atoms with van der Waals surface area (Å²) in [6, 6.07) is 10.9. The third kappa shape index (κ3) is 3.12. The minimum absolute atomic E-state index is 0.0450. The molecule has 1 fully saturated rings. The summed E-state index contributed by atoms with van der Waals surface area (Å²) in [4.78, 5) is 25.8. The Morgan fingerprint density at radius 3 is 2.54 bits per heavy atom. The molecule has 1 saturated heterocycles. The van der Waals surface area contributed by atoms with Crippen molar-refractivity contribution in [3.8, 4) is 0 Å². The summed E-state index contributed by atoms with van der Waals surface area (Å²) in [5.41, 5.74) is 2.25. The maximum Gasteiger partial charge on any atom is 0.256 e. The van der Waals surface area contributed by atoms with Gasteiger partial charge >= 0.3 is 0 Å². The van der Waals surface area contributed by atoms with Gasteiger partial charge < -0.3 is 5.32 Å². The molecule has 1 heterocycles. The molecular formula is C18H16ClFN2O2. The van der Waals surface area contributed by atoms with Crippen LogP contribution in [0.15, 0.2) is 42.5 Å². The topological polar surface area (TPSA) is 49.4 Å². The highest BCUT2D eigenvalue weighted by Crippen LogP contribution is 2.28. The summed E-state index contributed by atoms with van der Waals surface area (Å²) in [6.07, 6.45) is 0.976. The molecule has 4 nitrogen and oxygen atoms in total. The van der Waals surface area contributed by atoms with E-state index in [-0.39, 0.29) is 28.9 Å². The first kappa shape index (κ1) is 16.5. The molecule has 1 atom stereocenters. The maximum atomic E-state index is 13.3. The first-order valence-electron chi connectivity index (χ1n) is 7.67. The molecule has 0 bridgehead atoms. The van der Waals surface area contributed by atoms with Crippen molar-refractivity contribution >= 4 is 34.8 Å². The predicted molar refractivity (Wildman–Crippen MR) is 91.8 cm³/mol. The Morgan fingerprint density at radius 1 is 1.21 bits per heavy atom. The number of nitrogens with zero attached hydrogens (tertiary/aromatic N) is 1. The molecule has 124 valence electrons. The van der Waals surface area contributed by atoms with E-state index in [1.165, 1.54) is 17.7 Å². The van der Waals surface area contributed by atoms with Crippen LogP contribution in [0.25, 0.3) is 0 Å². The number of carbonyl (C=O) groups is 2. The van der Waals surface area contributed by atoms with Gasteiger partial charge in [0.2, 0.25) is 5.91 Å². The van der Waals surface area contributed by atoms with Crippen LogP contribution >= 0.6 is 11.6 Å². The maximum absolute atomic E-state index is 13.3. The van der Waals surface area contributed by atoms with Crippen LogP contribution < -0.4 is 10.2 Å². The monoisotopic (exact) mass is 346 g/mol. The molecule has 24 heavy (non-hydrogen) atoms. The Labute approximate surface area is 144 Å². The van der Waals surface area contributed by atoms with E-state index in [1.807, 2.05) is 24.3 Å². The number of carbonyl (C=O) groups excluding carboxylic acids is 2. The van der Waals surface area contributed by atoms with Crippen LogP contribution in [0, 0.1) is 5.82 Å². The van der Waals surface area contributed by atoms with Crippen molar-refractivity contribution in [3.05, 3.63) is 58.9 Å². The molecule has 1 N–H and O–H groups in total. The highest BCUT2D eigenvalue weighted by Gasteiger charge is 2.39. The molecule has 0 radical (unpaired) electrons. The van der Waals surface area contributed by atoms with Crippen LogP contribution in [-0.4, -0.2) is 17.9 Å². The van der Waals surface area contributed by atoms with E-state index in [0.717, 1.165) is 23.1 Å². The average Bonchev–Trinajstić information content (AvgIpc) is 2.85. The lowest BCUT2D eigenvalue weighted by atomic mass is 10.1. The number of amides is 2. The van der Waals surface area contributed by atoms with Gasteiger partial charge in [0.1, 0.15) is 11.9 Å². The fourth-order valence-corrected chi connectivity index (χ4v) is 2.85. The van der Waals surface area contributed by atoms with Crippen molar-refractivity contribution in [2.75, 3.05) is 10.2 Å². The number of benzene rings is 2. The second-order valence-corrected chi connectivity index (χ2v) is 6.02. The van der Waals surface area contributed by atoms with Gasteiger partial charge in [0.05, 0.1) is 17.1 Å². The highest BCUT2D eigenvalue weighted by atomic mass is 35.5. The van der Waals surface area contributed by atoms with E-state index < -0.39 is 11.9 Å². The van der Waals surface area contributed by atoms with E-state index in [4.69, 9.17) is 11.6 Å². The van der Waals surface area contributed by atoms with E-state index >= 15 is 0 Å². The smallest absolute Gasteiger partial charge is 0.256 e. The highest BCUT2D eigenvalue weighted by molar-refractivity contribution is 6.31. The lowest BCUT2D eigenvalue weighted by molar-refractivity contribution is -0.121. The minimum Gasteiger partial charge on any atom is -0.373 e. The molecule has 3 rings (SSSR count). The van der Waals surface area contributed by atoms with Crippen LogP contribution in [0.5, 0.6) is 0 Å². The lowest BCUT2D eigenvalue weighted by Gasteiger charge is -2.16. The van der Waals surface area contributed by atoms with Crippen molar-refractivity contribution in [3.63, 3.8) is 0 Å². The molecular weight excluding hydrogens is 331 g/mol. The van der Waals surface area contributed by atoms with Crippen LogP contribution in [0.3, 0.4) is 0 Å². The average molecular weight is 347 g/mol. The van der Waals surface area contributed by atoms with Crippen molar-refractivity contribution in [1.29, 1.82) is 0 Å². The molecule has 2 aromatic carbocycles. The Morgan fingerprint density at radius 2 is 1.92 bits per heavy atom. The molecule has 2 aromatic rings. The second-order valence-electron chi connectivity index (χ2n) is 5.62. The molecule has 0 saturated carbocycles. The van der Waals surface area contributed by atoms with Gasteiger partial charge in [0.25, 0.3) is 5.91 Å². The van der Waals surface area contributed by atoms with E-state index in [0.29, 0.717) is 0 Å². The Kier molecular flexibility index (Phi) is 4.53. The summed E-state index contributed by atoms with van der Waals surface area (Å²) >= 11 is 5.74. The van der Waals surface area contributed by atoms with Gasteiger partial charge in [-0.2, -0.15) is 0 Å². The number of anilines is 2. The number of aryl methyl sites for hydroxylation is 1. The minimum atomic E-state index is -0.645. The van der Waals surface area contributed by atoms with Gasteiger partial charge in [-0.05, 0) is 42.3 Å². The quantitative estimate of drug-likeness (QED) is 0.857. The van der Waals surface area contributed by atoms with Gasteiger partial charge in [-0.25, -0.2) is 9.29 Å². The van der Waals surface area contributed by atoms with Gasteiger partial charge in [-0.15, -0.1) is 0 Å². The summed E-state index contributed by atoms with van der Waals surface area (Å²) in [7, 11) is 0. The number of hydrogen-bond donors (Lipinski definition) is 1. The van der Waals surface area contributed by atoms with E-state index in [1.54, 1.807) is 0 Å². The molecule has 0 spiro atoms. The van der Waals surface area contributed by atoms with Crippen molar-refractivity contribution in [2.24, 2.45) is 0 Å². The summed E-state index contributed by atoms with van der Waals surface area (Å²) in [5, 5.41) is 2.95. The number of hydrogen-bond acceptors (Lipinski definition) is 3. The Balaban J connectivity index is 1.79. The molecule has 6 heteroatoms. The number of nitrogens with one attached hydrogen (secondary N) is 1. The molecule has 0 aromatic heterocycles. The zero-order chi connectivity index (χ0) is 17.3. The predicted octanol–water partition coefficient (Wildman–Crippen LogP) is 3.79. The van der Waals surface area contributed by atoms with Crippen molar-refractivity contribution in [2.45, 2.75) is 25.8 Å². The fourth-order valence-electron chi connectivity index (χ4n) is 2.68. The van der Waals surface area contributed by atoms with Crippen LogP contribution in [0.1, 0.15) is 18.9 Å². The first-order chi connectivity index (χ1) is 11.5. The fraction of sp³-hybridized carbons (Fsp3) is 0.222. The third-order valence-corrected chi connectivity index (χ3v) is 4.30. The Hall–Kier alpha value is -2.40. The summed E-state index contributed by atoms with van der Waals surface area (Å²) in [6.45, 7) is 2.06. The standard InChI is InChI=1S/C18H16ClFN2O2/c1-2-11-3-5-12(6-4-11)21-16-10-17(23)22(18(16)24)13-7-8-15(20)14(19)9-13/h3-9,16,21H,2,10H2,1H3/t16-/m1/s1. The van der Waals surface area contributed by atoms with Crippen molar-refractivity contribution < 1.29 is 14.0 Å². The summed E-state index contributed by atoms with van der Waals surface area (Å²) < 4.78 is 13.3. The SMILES string of the molecule is CCc1ccc(N[C@@H]2CC(=O)N(c3ccc(F)c(Cl)c3)C2=O)cc1. The molecule has 0 aliphatic carbocycles. The normalized spacial score (nSPS) is 17.5. The molecule has 1 aliphatic rings. The van der Waals surface area contributed by atoms with Gasteiger partial charge in [-0.1, -0.05) is 30.7 Å². The second kappa shape index (κ2) is 6.61. The van der Waals surface area contributed by atoms with Gasteiger partial charge in [0.15, 0.2) is 0 Å². The van der Waals surface area contributed by atoms with Crippen LogP contribution in [0.2, 0.25) is 5.02 Å². The molecule has 1 aliphatic heterocycles. The number of halogens is 2. The zero-order valence-electron chi connectivity index (χ0n) is 13.1. The number of imide groups is 1. The Bertz CT molecular complexity index is 792. The largest absolute Gasteiger partial charge is 0.373 e. The molecule has 0 unspecified atom stereocenters.